The van der Waals surface area contributed by atoms with E-state index in [9.17, 15) is 24.0 Å². The SMILES string of the molecule is [3H]C1CC(OP(=O)(OCCC#N)OCCCNCCC[Si]OC(C(C)CC)C(C)C(C)C)C(COP(=O)(OCCC#N)OC2CC(N3CC(C)C(=NCCCCCCNC(=O)CCCCCC)NC3=O)OC2CC)O1. The van der Waals surface area contributed by atoms with Crippen LogP contribution in [0.5, 0.6) is 0 Å². The molecule has 424 valence electrons. The van der Waals surface area contributed by atoms with Crippen LogP contribution in [0.15, 0.2) is 4.99 Å². The van der Waals surface area contributed by atoms with Gasteiger partial charge in [0, 0.05) is 57.5 Å². The molecule has 3 rings (SSSR count). The second-order valence-electron chi connectivity index (χ2n) is 19.9. The third kappa shape index (κ3) is 25.0. The lowest BCUT2D eigenvalue weighted by molar-refractivity contribution is -0.121. The number of nitrogens with zero attached hydrogens (tertiary/aromatic N) is 4. The molecule has 2 radical (unpaired) electrons. The number of nitriles is 2. The molecule has 23 heteroatoms. The highest BCUT2D eigenvalue weighted by molar-refractivity contribution is 7.48. The highest BCUT2D eigenvalue weighted by Gasteiger charge is 2.47. The summed E-state index contributed by atoms with van der Waals surface area (Å²) in [6.07, 6.45) is 7.37. The smallest absolute Gasteiger partial charge is 0.414 e. The number of amides is 3. The van der Waals surface area contributed by atoms with Gasteiger partial charge in [0.2, 0.25) is 15.7 Å². The van der Waals surface area contributed by atoms with Crippen LogP contribution in [0.2, 0.25) is 6.04 Å². The number of phosphoric ester groups is 2. The van der Waals surface area contributed by atoms with Gasteiger partial charge in [0.1, 0.15) is 24.3 Å². The zero-order valence-electron chi connectivity index (χ0n) is 46.9. The lowest BCUT2D eigenvalue weighted by atomic mass is 9.85. The standard InChI is InChI=1S/C51H93N7O13P2Si/c1-9-12-13-16-23-47(59)55-29-17-14-15-18-30-56-50-41(7)37-58(51(60)57-50)48-36-45(43(11-3)68-48)70-73(62,65-32-20-26-53)67-38-46-44(24-34-63-46)69-72(61,64-31-19-25-52)66-33-21-27-54-28-22-35-74-71-49(40(6)10-2)42(8)39(4)5/h39-46,48-49,54H,9-24,27-38H2,1-8H3,(H,55,59)(H,56,57,60)/i34T. The first-order valence-corrected chi connectivity index (χ1v) is 31.7. The monoisotopic (exact) mass is 1100 g/mol. The molecule has 3 amide bonds. The summed E-state index contributed by atoms with van der Waals surface area (Å²) in [7, 11) is -8.35. The predicted octanol–water partition coefficient (Wildman–Crippen LogP) is 10.0. The Kier molecular flexibility index (Phi) is 32.5. The molecule has 3 aliphatic rings. The maximum atomic E-state index is 14.4. The highest BCUT2D eigenvalue weighted by atomic mass is 31.2. The molecule has 0 saturated carbocycles. The van der Waals surface area contributed by atoms with Gasteiger partial charge in [0.15, 0.2) is 0 Å². The predicted molar refractivity (Wildman–Crippen MR) is 285 cm³/mol. The molecule has 20 nitrogen and oxygen atoms in total. The number of carbonyl (C=O) groups excluding carboxylic acids is 2. The van der Waals surface area contributed by atoms with Crippen molar-refractivity contribution in [3.05, 3.63) is 0 Å². The van der Waals surface area contributed by atoms with Crippen molar-refractivity contribution in [3.63, 3.8) is 0 Å². The van der Waals surface area contributed by atoms with E-state index in [0.717, 1.165) is 76.8 Å². The Labute approximate surface area is 448 Å². The van der Waals surface area contributed by atoms with Crippen molar-refractivity contribution in [3.8, 4) is 12.1 Å². The molecular weight excluding hydrogens is 1010 g/mol. The number of unbranched alkanes of at least 4 members (excludes halogenated alkanes) is 6. The maximum Gasteiger partial charge on any atom is 0.475 e. The number of rotatable bonds is 42. The van der Waals surface area contributed by atoms with Crippen LogP contribution >= 0.6 is 15.6 Å². The van der Waals surface area contributed by atoms with E-state index >= 15 is 0 Å². The summed E-state index contributed by atoms with van der Waals surface area (Å²) in [5.74, 6) is 2.15. The Hall–Kier alpha value is -2.33. The van der Waals surface area contributed by atoms with Crippen molar-refractivity contribution in [2.45, 2.75) is 207 Å². The fraction of sp³-hybridized carbons (Fsp3) is 0.902. The molecule has 0 aromatic carbocycles. The Morgan fingerprint density at radius 1 is 0.892 bits per heavy atom. The van der Waals surface area contributed by atoms with E-state index in [4.69, 9.17) is 52.7 Å². The van der Waals surface area contributed by atoms with Crippen molar-refractivity contribution < 1.29 is 61.1 Å². The number of urea groups is 1. The Morgan fingerprint density at radius 3 is 2.26 bits per heavy atom. The van der Waals surface area contributed by atoms with Gasteiger partial charge in [-0.3, -0.25) is 47.1 Å². The minimum Gasteiger partial charge on any atom is -0.414 e. The molecule has 3 fully saturated rings. The number of carbonyl (C=O) groups is 2. The minimum absolute atomic E-state index is 0.0139. The van der Waals surface area contributed by atoms with Crippen molar-refractivity contribution in [1.82, 2.24) is 20.9 Å². The summed E-state index contributed by atoms with van der Waals surface area (Å²) < 4.78 is 90.0. The molecule has 0 spiro atoms. The second kappa shape index (κ2) is 37.5. The van der Waals surface area contributed by atoms with E-state index in [1.54, 1.807) is 4.90 Å². The molecule has 3 N–H and O–H groups in total. The van der Waals surface area contributed by atoms with Gasteiger partial charge in [-0.25, -0.2) is 13.9 Å². The zero-order chi connectivity index (χ0) is 55.1. The van der Waals surface area contributed by atoms with Crippen LogP contribution in [-0.4, -0.2) is 135 Å². The van der Waals surface area contributed by atoms with E-state index in [1.807, 2.05) is 26.0 Å². The third-order valence-corrected chi connectivity index (χ3v) is 17.6. The summed E-state index contributed by atoms with van der Waals surface area (Å²) in [4.78, 5) is 31.8. The lowest BCUT2D eigenvalue weighted by Crippen LogP contribution is -2.57. The third-order valence-electron chi connectivity index (χ3n) is 13.6. The first-order chi connectivity index (χ1) is 36.0. The zero-order valence-corrected chi connectivity index (χ0v) is 48.7. The Balaban J connectivity index is 1.51. The number of nitrogens with one attached hydrogen (secondary N) is 3. The average molecular weight is 1100 g/mol. The van der Waals surface area contributed by atoms with Gasteiger partial charge in [0.25, 0.3) is 0 Å². The number of phosphoric acid groups is 2. The van der Waals surface area contributed by atoms with Gasteiger partial charge >= 0.3 is 21.7 Å². The van der Waals surface area contributed by atoms with Gasteiger partial charge in [-0.15, -0.1) is 0 Å². The summed E-state index contributed by atoms with van der Waals surface area (Å²) in [5, 5.41) is 27.7. The average Bonchev–Trinajstić information content (AvgIpc) is 3.95. The molecule has 0 bridgehead atoms. The summed E-state index contributed by atoms with van der Waals surface area (Å²) in [5.41, 5.74) is 0. The molecular formula is C51H93N7O13P2Si. The molecule has 0 aromatic rings. The number of hydrogen-bond acceptors (Lipinski definition) is 17. The van der Waals surface area contributed by atoms with Crippen LogP contribution in [0, 0.1) is 46.3 Å². The van der Waals surface area contributed by atoms with Crippen molar-refractivity contribution in [1.29, 1.82) is 10.5 Å². The fourth-order valence-electron chi connectivity index (χ4n) is 8.56. The largest absolute Gasteiger partial charge is 0.475 e. The van der Waals surface area contributed by atoms with Gasteiger partial charge in [0.05, 0.1) is 65.0 Å². The minimum atomic E-state index is -4.48. The second-order valence-corrected chi connectivity index (χ2v) is 24.2. The van der Waals surface area contributed by atoms with Crippen LogP contribution in [0.3, 0.4) is 0 Å². The molecule has 12 unspecified atom stereocenters. The van der Waals surface area contributed by atoms with Crippen molar-refractivity contribution in [2.75, 3.05) is 65.7 Å². The number of amidine groups is 1. The van der Waals surface area contributed by atoms with Crippen molar-refractivity contribution in [2.24, 2.45) is 28.7 Å². The van der Waals surface area contributed by atoms with Crippen LogP contribution < -0.4 is 16.0 Å². The van der Waals surface area contributed by atoms with E-state index in [1.165, 1.54) is 0 Å². The Bertz CT molecular complexity index is 1850. The van der Waals surface area contributed by atoms with Crippen molar-refractivity contribution >= 4 is 43.2 Å². The van der Waals surface area contributed by atoms with Crippen LogP contribution in [0.1, 0.15) is 166 Å². The number of ether oxygens (including phenoxy) is 2. The van der Waals surface area contributed by atoms with Gasteiger partial charge in [-0.1, -0.05) is 93.9 Å². The first kappa shape index (κ1) is 64.2. The van der Waals surface area contributed by atoms with E-state index < -0.39 is 59.5 Å². The molecule has 3 heterocycles. The van der Waals surface area contributed by atoms with Gasteiger partial charge in [-0.05, 0) is 75.4 Å². The number of aliphatic imine (C=N–C) groups is 1. The van der Waals surface area contributed by atoms with E-state index in [-0.39, 0.29) is 69.5 Å². The summed E-state index contributed by atoms with van der Waals surface area (Å²) in [6, 6.07) is 4.48. The summed E-state index contributed by atoms with van der Waals surface area (Å²) >= 11 is 0. The fourth-order valence-corrected chi connectivity index (χ4v) is 12.4. The highest BCUT2D eigenvalue weighted by Crippen LogP contribution is 2.55. The molecule has 0 aliphatic carbocycles. The topological polar surface area (TPSA) is 251 Å². The molecule has 3 saturated heterocycles. The maximum absolute atomic E-state index is 14.4. The first-order valence-electron chi connectivity index (χ1n) is 28.2. The van der Waals surface area contributed by atoms with Gasteiger partial charge in [-0.2, -0.15) is 10.5 Å². The van der Waals surface area contributed by atoms with Crippen LogP contribution in [0.25, 0.3) is 0 Å². The lowest BCUT2D eigenvalue weighted by Gasteiger charge is -2.36. The number of hydrogen-bond donors (Lipinski definition) is 3. The van der Waals surface area contributed by atoms with E-state index in [2.05, 4.69) is 57.5 Å². The van der Waals surface area contributed by atoms with E-state index in [0.29, 0.717) is 78.8 Å². The molecule has 0 aromatic heterocycles. The quantitative estimate of drug-likeness (QED) is 0.0292. The normalized spacial score (nSPS) is 25.7. The summed E-state index contributed by atoms with van der Waals surface area (Å²) in [6.45, 7) is 18.0. The Morgan fingerprint density at radius 2 is 1.57 bits per heavy atom. The molecule has 74 heavy (non-hydrogen) atoms. The molecule has 12 atom stereocenters. The van der Waals surface area contributed by atoms with Gasteiger partial charge < -0.3 is 24.5 Å². The van der Waals surface area contributed by atoms with Crippen LogP contribution in [0.4, 0.5) is 4.79 Å². The molecule has 3 aliphatic heterocycles. The van der Waals surface area contributed by atoms with Crippen LogP contribution in [-0.2, 0) is 55.0 Å².